The molecule has 2 N–H and O–H groups in total. The van der Waals surface area contributed by atoms with Crippen molar-refractivity contribution in [2.24, 2.45) is 0 Å². The summed E-state index contributed by atoms with van der Waals surface area (Å²) in [7, 11) is 1.58. The molecule has 1 aromatic heterocycles. The van der Waals surface area contributed by atoms with E-state index in [-0.39, 0.29) is 22.2 Å². The summed E-state index contributed by atoms with van der Waals surface area (Å²) in [6.07, 6.45) is 1.41. The number of hydrogen-bond acceptors (Lipinski definition) is 6. The summed E-state index contributed by atoms with van der Waals surface area (Å²) in [5, 5.41) is 5.51. The highest BCUT2D eigenvalue weighted by atomic mass is 35.5. The van der Waals surface area contributed by atoms with Crippen LogP contribution in [-0.4, -0.2) is 28.1 Å². The van der Waals surface area contributed by atoms with Gasteiger partial charge in [0.1, 0.15) is 17.2 Å². The molecule has 3 rings (SSSR count). The van der Waals surface area contributed by atoms with Crippen LogP contribution < -0.4 is 20.1 Å². The summed E-state index contributed by atoms with van der Waals surface area (Å²) >= 11 is 11.1. The minimum atomic E-state index is -0.342. The molecule has 0 saturated heterocycles. The number of nitrogens with one attached hydrogen (secondary N) is 2. The van der Waals surface area contributed by atoms with Gasteiger partial charge in [0.15, 0.2) is 5.11 Å². The first-order chi connectivity index (χ1) is 13.5. The second-order valence-electron chi connectivity index (χ2n) is 5.41. The third kappa shape index (κ3) is 5.15. The van der Waals surface area contributed by atoms with E-state index in [1.165, 1.54) is 6.20 Å². The number of benzene rings is 2. The maximum absolute atomic E-state index is 12.2. The average Bonchev–Trinajstić information content (AvgIpc) is 2.71. The smallest absolute Gasteiger partial charge is 0.257 e. The lowest BCUT2D eigenvalue weighted by molar-refractivity contribution is 0.0977. The summed E-state index contributed by atoms with van der Waals surface area (Å²) < 4.78 is 10.9. The van der Waals surface area contributed by atoms with Crippen LogP contribution in [0.5, 0.6) is 17.4 Å². The summed E-state index contributed by atoms with van der Waals surface area (Å²) in [6.45, 7) is 0. The Bertz CT molecular complexity index is 984. The Kier molecular flexibility index (Phi) is 6.36. The first-order valence-corrected chi connectivity index (χ1v) is 8.85. The van der Waals surface area contributed by atoms with Crippen molar-refractivity contribution >= 4 is 40.5 Å². The van der Waals surface area contributed by atoms with Gasteiger partial charge in [0.05, 0.1) is 13.3 Å². The number of aromatic nitrogens is 2. The van der Waals surface area contributed by atoms with E-state index in [0.717, 1.165) is 0 Å². The van der Waals surface area contributed by atoms with E-state index < -0.39 is 0 Å². The van der Waals surface area contributed by atoms with E-state index in [4.69, 9.17) is 33.3 Å². The number of carbonyl (C=O) groups is 1. The molecule has 3 aromatic rings. The largest absolute Gasteiger partial charge is 0.497 e. The van der Waals surface area contributed by atoms with E-state index in [2.05, 4.69) is 20.6 Å². The molecule has 1 heterocycles. The van der Waals surface area contributed by atoms with Gasteiger partial charge in [0, 0.05) is 5.56 Å². The number of rotatable bonds is 5. The van der Waals surface area contributed by atoms with Gasteiger partial charge in [-0.25, -0.2) is 4.98 Å². The predicted octanol–water partition coefficient (Wildman–Crippen LogP) is 4.06. The van der Waals surface area contributed by atoms with Crippen LogP contribution in [0.25, 0.3) is 0 Å². The standard InChI is InChI=1S/C19H15ClN4O3S/c1-26-13-7-9-14(10-8-13)27-17-15(11-21-18(20)24-17)22-19(28)23-16(25)12-5-3-2-4-6-12/h2-11H,1H3,(H2,22,23,25,28). The van der Waals surface area contributed by atoms with Gasteiger partial charge in [-0.15, -0.1) is 0 Å². The van der Waals surface area contributed by atoms with Gasteiger partial charge in [0.25, 0.3) is 5.91 Å². The van der Waals surface area contributed by atoms with Gasteiger partial charge in [-0.05, 0) is 60.2 Å². The number of nitrogens with zero attached hydrogens (tertiary/aromatic N) is 2. The normalized spacial score (nSPS) is 10.1. The van der Waals surface area contributed by atoms with E-state index >= 15 is 0 Å². The lowest BCUT2D eigenvalue weighted by atomic mass is 10.2. The molecule has 0 spiro atoms. The molecule has 2 aromatic carbocycles. The molecule has 7 nitrogen and oxygen atoms in total. The molecule has 1 amide bonds. The van der Waals surface area contributed by atoms with Crippen LogP contribution in [-0.2, 0) is 0 Å². The summed E-state index contributed by atoms with van der Waals surface area (Å²) in [5.74, 6) is 1.01. The van der Waals surface area contributed by atoms with Gasteiger partial charge < -0.3 is 14.8 Å². The number of hydrogen-bond donors (Lipinski definition) is 2. The predicted molar refractivity (Wildman–Crippen MR) is 110 cm³/mol. The zero-order chi connectivity index (χ0) is 19.9. The van der Waals surface area contributed by atoms with Gasteiger partial charge >= 0.3 is 0 Å². The van der Waals surface area contributed by atoms with Gasteiger partial charge in [-0.3, -0.25) is 10.1 Å². The summed E-state index contributed by atoms with van der Waals surface area (Å²) in [4.78, 5) is 20.2. The van der Waals surface area contributed by atoms with Crippen LogP contribution in [0, 0.1) is 0 Å². The first kappa shape index (κ1) is 19.5. The van der Waals surface area contributed by atoms with Gasteiger partial charge in [0.2, 0.25) is 11.2 Å². The minimum Gasteiger partial charge on any atom is -0.497 e. The molecule has 0 unspecified atom stereocenters. The Labute approximate surface area is 171 Å². The van der Waals surface area contributed by atoms with Crippen molar-refractivity contribution in [1.82, 2.24) is 15.3 Å². The molecule has 142 valence electrons. The van der Waals surface area contributed by atoms with Crippen molar-refractivity contribution in [2.75, 3.05) is 12.4 Å². The maximum atomic E-state index is 12.2. The van der Waals surface area contributed by atoms with Crippen LogP contribution in [0.15, 0.2) is 60.8 Å². The van der Waals surface area contributed by atoms with Crippen LogP contribution in [0.2, 0.25) is 5.28 Å². The number of anilines is 1. The first-order valence-electron chi connectivity index (χ1n) is 8.07. The monoisotopic (exact) mass is 414 g/mol. The number of methoxy groups -OCH3 is 1. The Morgan fingerprint density at radius 3 is 2.43 bits per heavy atom. The zero-order valence-corrected chi connectivity index (χ0v) is 16.3. The van der Waals surface area contributed by atoms with Crippen molar-refractivity contribution in [3.8, 4) is 17.4 Å². The zero-order valence-electron chi connectivity index (χ0n) is 14.7. The number of halogens is 1. The van der Waals surface area contributed by atoms with Crippen molar-refractivity contribution in [1.29, 1.82) is 0 Å². The second kappa shape index (κ2) is 9.12. The number of thiocarbonyl (C=S) groups is 1. The van der Waals surface area contributed by atoms with E-state index in [9.17, 15) is 4.79 Å². The van der Waals surface area contributed by atoms with Crippen molar-refractivity contribution in [2.45, 2.75) is 0 Å². The van der Waals surface area contributed by atoms with Crippen molar-refractivity contribution < 1.29 is 14.3 Å². The molecule has 28 heavy (non-hydrogen) atoms. The third-order valence-corrected chi connectivity index (χ3v) is 3.90. The lowest BCUT2D eigenvalue weighted by Gasteiger charge is -2.13. The average molecular weight is 415 g/mol. The van der Waals surface area contributed by atoms with Gasteiger partial charge in [-0.2, -0.15) is 4.98 Å². The molecule has 0 aliphatic rings. The molecule has 9 heteroatoms. The van der Waals surface area contributed by atoms with Gasteiger partial charge in [-0.1, -0.05) is 18.2 Å². The van der Waals surface area contributed by atoms with E-state index in [1.807, 2.05) is 6.07 Å². The molecule has 0 aliphatic heterocycles. The Hall–Kier alpha value is -3.23. The maximum Gasteiger partial charge on any atom is 0.257 e. The van der Waals surface area contributed by atoms with Crippen LogP contribution >= 0.6 is 23.8 Å². The van der Waals surface area contributed by atoms with E-state index in [1.54, 1.807) is 55.6 Å². The van der Waals surface area contributed by atoms with Crippen LogP contribution in [0.3, 0.4) is 0 Å². The van der Waals surface area contributed by atoms with Crippen LogP contribution in [0.4, 0.5) is 5.69 Å². The molecular weight excluding hydrogens is 400 g/mol. The second-order valence-corrected chi connectivity index (χ2v) is 6.16. The number of ether oxygens (including phenoxy) is 2. The minimum absolute atomic E-state index is 0.00769. The topological polar surface area (TPSA) is 85.4 Å². The van der Waals surface area contributed by atoms with Crippen LogP contribution in [0.1, 0.15) is 10.4 Å². The molecular formula is C19H15ClN4O3S. The third-order valence-electron chi connectivity index (χ3n) is 3.51. The number of amides is 1. The molecule has 0 radical (unpaired) electrons. The highest BCUT2D eigenvalue weighted by molar-refractivity contribution is 7.80. The SMILES string of the molecule is COc1ccc(Oc2nc(Cl)ncc2NC(=S)NC(=O)c2ccccc2)cc1. The Morgan fingerprint density at radius 1 is 1.07 bits per heavy atom. The highest BCUT2D eigenvalue weighted by Crippen LogP contribution is 2.29. The highest BCUT2D eigenvalue weighted by Gasteiger charge is 2.13. The fourth-order valence-electron chi connectivity index (χ4n) is 2.18. The fraction of sp³-hybridized carbons (Fsp3) is 0.0526. The molecule has 0 bridgehead atoms. The molecule has 0 atom stereocenters. The van der Waals surface area contributed by atoms with E-state index in [0.29, 0.717) is 22.7 Å². The lowest BCUT2D eigenvalue weighted by Crippen LogP contribution is -2.34. The number of carbonyl (C=O) groups excluding carboxylic acids is 1. The Balaban J connectivity index is 1.72. The quantitative estimate of drug-likeness (QED) is 0.481. The summed E-state index contributed by atoms with van der Waals surface area (Å²) in [5.41, 5.74) is 0.826. The fourth-order valence-corrected chi connectivity index (χ4v) is 2.51. The summed E-state index contributed by atoms with van der Waals surface area (Å²) in [6, 6.07) is 15.6. The van der Waals surface area contributed by atoms with Crippen molar-refractivity contribution in [3.63, 3.8) is 0 Å². The Morgan fingerprint density at radius 2 is 1.75 bits per heavy atom. The molecule has 0 aliphatic carbocycles. The molecule has 0 fully saturated rings. The van der Waals surface area contributed by atoms with Crippen molar-refractivity contribution in [3.05, 3.63) is 71.6 Å². The molecule has 0 saturated carbocycles.